The van der Waals surface area contributed by atoms with Gasteiger partial charge in [0.2, 0.25) is 5.88 Å². The number of hydrogen-bond donors (Lipinski definition) is 1. The first-order chi connectivity index (χ1) is 8.25. The van der Waals surface area contributed by atoms with Crippen molar-refractivity contribution in [2.45, 2.75) is 38.5 Å². The quantitative estimate of drug-likeness (QED) is 0.855. The molecule has 1 aromatic heterocycles. The van der Waals surface area contributed by atoms with Gasteiger partial charge in [-0.25, -0.2) is 4.98 Å². The van der Waals surface area contributed by atoms with Gasteiger partial charge in [-0.1, -0.05) is 0 Å². The molecule has 0 saturated carbocycles. The van der Waals surface area contributed by atoms with Crippen molar-refractivity contribution in [3.05, 3.63) is 16.5 Å². The Labute approximate surface area is 119 Å². The molecule has 18 heavy (non-hydrogen) atoms. The van der Waals surface area contributed by atoms with Crippen LogP contribution in [0.25, 0.3) is 0 Å². The van der Waals surface area contributed by atoms with E-state index >= 15 is 0 Å². The highest BCUT2D eigenvalue weighted by Crippen LogP contribution is 2.24. The first kappa shape index (κ1) is 15.7. The summed E-state index contributed by atoms with van der Waals surface area (Å²) in [7, 11) is 1.54. The average molecular weight is 336 g/mol. The minimum absolute atomic E-state index is 0.208. The third-order valence-corrected chi connectivity index (χ3v) is 4.24. The van der Waals surface area contributed by atoms with E-state index in [1.165, 1.54) is 7.11 Å². The lowest BCUT2D eigenvalue weighted by molar-refractivity contribution is 0.382. The van der Waals surface area contributed by atoms with Gasteiger partial charge in [0.15, 0.2) is 0 Å². The Bertz CT molecular complexity index is 412. The van der Waals surface area contributed by atoms with Crippen LogP contribution in [0.4, 0.5) is 0 Å². The lowest BCUT2D eigenvalue weighted by atomic mass is 10.2. The number of nitrogens with zero attached hydrogens (tertiary/aromatic N) is 2. The molecular weight excluding hydrogens is 318 g/mol. The van der Waals surface area contributed by atoms with Gasteiger partial charge in [-0.2, -0.15) is 0 Å². The monoisotopic (exact) mass is 335 g/mol. The fraction of sp³-hybridized carbons (Fsp3) is 0.636. The van der Waals surface area contributed by atoms with Crippen molar-refractivity contribution in [2.24, 2.45) is 0 Å². The zero-order valence-corrected chi connectivity index (χ0v) is 13.6. The van der Waals surface area contributed by atoms with E-state index in [1.54, 1.807) is 6.20 Å². The fourth-order valence-corrected chi connectivity index (χ4v) is 2.25. The van der Waals surface area contributed by atoms with E-state index in [0.29, 0.717) is 16.2 Å². The Hall–Kier alpha value is -0.370. The van der Waals surface area contributed by atoms with Crippen molar-refractivity contribution >= 4 is 27.3 Å². The second-order valence-corrected chi connectivity index (χ2v) is 7.62. The van der Waals surface area contributed by atoms with E-state index in [9.17, 15) is 4.55 Å². The molecule has 102 valence electrons. The predicted molar refractivity (Wildman–Crippen MR) is 75.7 cm³/mol. The van der Waals surface area contributed by atoms with Gasteiger partial charge in [0.25, 0.3) is 0 Å². The van der Waals surface area contributed by atoms with Crippen LogP contribution in [-0.2, 0) is 11.4 Å². The zero-order valence-electron chi connectivity index (χ0n) is 11.2. The van der Waals surface area contributed by atoms with Gasteiger partial charge in [-0.3, -0.25) is 4.98 Å². The largest absolute Gasteiger partial charge is 0.598 e. The predicted octanol–water partition coefficient (Wildman–Crippen LogP) is 2.36. The molecule has 1 unspecified atom stereocenters. The molecule has 1 heterocycles. The zero-order chi connectivity index (χ0) is 13.9. The molecule has 0 radical (unpaired) electrons. The Balaban J connectivity index is 2.87. The Morgan fingerprint density at radius 2 is 2.11 bits per heavy atom. The molecule has 0 aliphatic rings. The van der Waals surface area contributed by atoms with Crippen LogP contribution in [0.2, 0.25) is 0 Å². The normalized spacial score (nSPS) is 15.3. The van der Waals surface area contributed by atoms with E-state index in [2.05, 4.69) is 30.6 Å². The summed E-state index contributed by atoms with van der Waals surface area (Å²) in [5.74, 6) is 0.426. The van der Waals surface area contributed by atoms with Crippen molar-refractivity contribution in [3.8, 4) is 5.88 Å². The van der Waals surface area contributed by atoms with Gasteiger partial charge in [0.1, 0.15) is 15.0 Å². The molecule has 0 bridgehead atoms. The maximum atomic E-state index is 12.0. The van der Waals surface area contributed by atoms with Crippen molar-refractivity contribution in [1.82, 2.24) is 14.7 Å². The molecule has 0 amide bonds. The summed E-state index contributed by atoms with van der Waals surface area (Å²) in [5.41, 5.74) is 0.637. The molecule has 7 heteroatoms. The van der Waals surface area contributed by atoms with Gasteiger partial charge >= 0.3 is 0 Å². The highest BCUT2D eigenvalue weighted by molar-refractivity contribution is 9.10. The molecule has 0 aliphatic carbocycles. The summed E-state index contributed by atoms with van der Waals surface area (Å²) in [6.07, 6.45) is 1.59. The van der Waals surface area contributed by atoms with Gasteiger partial charge in [0, 0.05) is 11.4 Å². The summed E-state index contributed by atoms with van der Waals surface area (Å²) >= 11 is 2.07. The van der Waals surface area contributed by atoms with Crippen LogP contribution in [0.15, 0.2) is 10.8 Å². The smallest absolute Gasteiger partial charge is 0.238 e. The minimum Gasteiger partial charge on any atom is -0.598 e. The average Bonchev–Trinajstić information content (AvgIpc) is 2.27. The van der Waals surface area contributed by atoms with Crippen LogP contribution in [0, 0.1) is 0 Å². The van der Waals surface area contributed by atoms with Crippen molar-refractivity contribution < 1.29 is 9.29 Å². The highest BCUT2D eigenvalue weighted by atomic mass is 79.9. The van der Waals surface area contributed by atoms with Gasteiger partial charge in [-0.05, 0) is 43.6 Å². The third kappa shape index (κ3) is 4.08. The first-order valence-electron chi connectivity index (χ1n) is 5.50. The van der Waals surface area contributed by atoms with Gasteiger partial charge in [0.05, 0.1) is 19.3 Å². The van der Waals surface area contributed by atoms with Crippen LogP contribution < -0.4 is 9.46 Å². The molecule has 1 aromatic rings. The third-order valence-electron chi connectivity index (χ3n) is 2.18. The molecule has 0 aromatic carbocycles. The molecule has 0 spiro atoms. The second kappa shape index (κ2) is 6.18. The van der Waals surface area contributed by atoms with E-state index in [0.717, 1.165) is 0 Å². The van der Waals surface area contributed by atoms with Crippen LogP contribution >= 0.6 is 15.9 Å². The number of aromatic nitrogens is 2. The number of ether oxygens (including phenoxy) is 1. The molecule has 0 saturated heterocycles. The SMILES string of the molecule is COc1nc(Br)cnc1C(C)N[S@+]([O-])C(C)(C)C. The standard InChI is InChI=1S/C11H18BrN3O2S/c1-7(15-18(16)11(2,3)4)9-10(17-5)14-8(12)6-13-9/h6-7,15H,1-5H3/t7?,18-/m1/s1. The summed E-state index contributed by atoms with van der Waals surface area (Å²) in [6, 6.07) is -0.208. The van der Waals surface area contributed by atoms with Crippen LogP contribution in [0.1, 0.15) is 39.4 Å². The van der Waals surface area contributed by atoms with Crippen LogP contribution in [0.5, 0.6) is 5.88 Å². The van der Waals surface area contributed by atoms with E-state index in [4.69, 9.17) is 4.74 Å². The molecule has 0 fully saturated rings. The van der Waals surface area contributed by atoms with Crippen LogP contribution in [-0.4, -0.2) is 26.4 Å². The van der Waals surface area contributed by atoms with Crippen molar-refractivity contribution in [1.29, 1.82) is 0 Å². The maximum absolute atomic E-state index is 12.0. The topological polar surface area (TPSA) is 70.1 Å². The van der Waals surface area contributed by atoms with Crippen LogP contribution in [0.3, 0.4) is 0 Å². The number of hydrogen-bond acceptors (Lipinski definition) is 5. The molecule has 1 N–H and O–H groups in total. The number of halogens is 1. The van der Waals surface area contributed by atoms with Crippen molar-refractivity contribution in [3.63, 3.8) is 0 Å². The molecular formula is C11H18BrN3O2S. The van der Waals surface area contributed by atoms with Crippen molar-refractivity contribution in [2.75, 3.05) is 7.11 Å². The Morgan fingerprint density at radius 1 is 1.50 bits per heavy atom. The summed E-state index contributed by atoms with van der Waals surface area (Å²) < 4.78 is 20.5. The molecule has 1 rings (SSSR count). The maximum Gasteiger partial charge on any atom is 0.238 e. The van der Waals surface area contributed by atoms with Gasteiger partial charge < -0.3 is 9.29 Å². The first-order valence-corrected chi connectivity index (χ1v) is 7.44. The Kier molecular flexibility index (Phi) is 5.39. The summed E-state index contributed by atoms with van der Waals surface area (Å²) in [4.78, 5) is 8.43. The lowest BCUT2D eigenvalue weighted by Crippen LogP contribution is -2.40. The van der Waals surface area contributed by atoms with Gasteiger partial charge in [-0.15, -0.1) is 4.72 Å². The van der Waals surface area contributed by atoms with E-state index in [-0.39, 0.29) is 10.8 Å². The number of rotatable bonds is 4. The molecule has 2 atom stereocenters. The molecule has 0 aliphatic heterocycles. The lowest BCUT2D eigenvalue weighted by Gasteiger charge is -2.26. The fourth-order valence-electron chi connectivity index (χ4n) is 1.20. The van der Waals surface area contributed by atoms with E-state index in [1.807, 2.05) is 27.7 Å². The molecule has 5 nitrogen and oxygen atoms in total. The number of nitrogens with one attached hydrogen (secondary N) is 1. The second-order valence-electron chi connectivity index (χ2n) is 4.81. The summed E-state index contributed by atoms with van der Waals surface area (Å²) in [6.45, 7) is 7.61. The van der Waals surface area contributed by atoms with E-state index < -0.39 is 11.4 Å². The Morgan fingerprint density at radius 3 is 2.61 bits per heavy atom. The minimum atomic E-state index is -1.17. The highest BCUT2D eigenvalue weighted by Gasteiger charge is 2.29. The number of methoxy groups -OCH3 is 1. The summed E-state index contributed by atoms with van der Waals surface area (Å²) in [5, 5.41) is 0.